The van der Waals surface area contributed by atoms with E-state index in [0.717, 1.165) is 10.5 Å². The molecule has 2 heterocycles. The predicted molar refractivity (Wildman–Crippen MR) is 113 cm³/mol. The maximum absolute atomic E-state index is 12.6. The molecule has 2 aliphatic rings. The Morgan fingerprint density at radius 1 is 1.06 bits per heavy atom. The Kier molecular flexibility index (Phi) is 7.10. The van der Waals surface area contributed by atoms with Crippen LogP contribution in [0.2, 0.25) is 0 Å². The van der Waals surface area contributed by atoms with Crippen LogP contribution in [-0.4, -0.2) is 53.2 Å². The van der Waals surface area contributed by atoms with Gasteiger partial charge in [0.05, 0.1) is 11.7 Å². The summed E-state index contributed by atoms with van der Waals surface area (Å²) in [4.78, 5) is 59.7. The molecule has 0 saturated carbocycles. The smallest absolute Gasteiger partial charge is 0.408 e. The van der Waals surface area contributed by atoms with Gasteiger partial charge in [-0.3, -0.25) is 9.59 Å². The van der Waals surface area contributed by atoms with E-state index in [9.17, 15) is 19.2 Å². The summed E-state index contributed by atoms with van der Waals surface area (Å²) in [6.07, 6.45) is -2.01. The van der Waals surface area contributed by atoms with Crippen molar-refractivity contribution < 1.29 is 38.3 Å². The Labute approximate surface area is 193 Å². The molecule has 0 aromatic heterocycles. The number of benzene rings is 2. The third-order valence-corrected chi connectivity index (χ3v) is 6.00. The van der Waals surface area contributed by atoms with Crippen molar-refractivity contribution in [3.05, 3.63) is 66.2 Å². The monoisotopic (exact) mass is 472 g/mol. The molecular weight excluding hydrogens is 452 g/mol. The lowest BCUT2D eigenvalue weighted by Crippen LogP contribution is -2.44. The highest BCUT2D eigenvalue weighted by molar-refractivity contribution is 8.00. The average molecular weight is 472 g/mol. The number of hydrogen-bond acceptors (Lipinski definition) is 9. The van der Waals surface area contributed by atoms with E-state index in [4.69, 9.17) is 19.1 Å². The summed E-state index contributed by atoms with van der Waals surface area (Å²) in [6, 6.07) is 17.1. The molecule has 2 aliphatic heterocycles. The van der Waals surface area contributed by atoms with Crippen molar-refractivity contribution in [1.29, 1.82) is 0 Å². The van der Waals surface area contributed by atoms with Crippen LogP contribution in [0.15, 0.2) is 65.6 Å². The molecule has 2 fully saturated rings. The summed E-state index contributed by atoms with van der Waals surface area (Å²) in [5.41, 5.74) is 0.784. The van der Waals surface area contributed by atoms with E-state index in [2.05, 4.69) is 5.32 Å². The number of alkyl carbamates (subject to hydrolysis) is 1. The summed E-state index contributed by atoms with van der Waals surface area (Å²) in [5.74, 6) is -2.29. The Morgan fingerprint density at radius 3 is 2.48 bits per heavy atom. The molecular formula is C22H20N2O8S. The van der Waals surface area contributed by atoms with Crippen LogP contribution in [0.3, 0.4) is 0 Å². The average Bonchev–Trinajstić information content (AvgIpc) is 3.36. The highest BCUT2D eigenvalue weighted by atomic mass is 32.2. The molecule has 2 amide bonds. The molecule has 1 N–H and O–H groups in total. The van der Waals surface area contributed by atoms with Crippen molar-refractivity contribution in [2.45, 2.75) is 35.3 Å². The topological polar surface area (TPSA) is 120 Å². The molecule has 0 spiro atoms. The van der Waals surface area contributed by atoms with E-state index in [1.165, 1.54) is 11.8 Å². The van der Waals surface area contributed by atoms with Crippen LogP contribution in [0.1, 0.15) is 12.0 Å². The highest BCUT2D eigenvalue weighted by Crippen LogP contribution is 2.34. The van der Waals surface area contributed by atoms with Gasteiger partial charge in [0.15, 0.2) is 0 Å². The number of cyclic esters (lactones) is 1. The third-order valence-electron chi connectivity index (χ3n) is 4.74. The van der Waals surface area contributed by atoms with E-state index in [0.29, 0.717) is 5.23 Å². The first-order chi connectivity index (χ1) is 16.0. The van der Waals surface area contributed by atoms with Crippen molar-refractivity contribution in [3.63, 3.8) is 0 Å². The van der Waals surface area contributed by atoms with Gasteiger partial charge in [-0.1, -0.05) is 48.5 Å². The maximum atomic E-state index is 12.6. The Morgan fingerprint density at radius 2 is 1.76 bits per heavy atom. The molecule has 3 atom stereocenters. The molecule has 172 valence electrons. The number of carbonyl (C=O) groups is 4. The molecule has 10 nitrogen and oxygen atoms in total. The molecule has 0 bridgehead atoms. The molecule has 2 aromatic carbocycles. The predicted octanol–water partition coefficient (Wildman–Crippen LogP) is 1.99. The van der Waals surface area contributed by atoms with E-state index in [1.807, 2.05) is 48.5 Å². The number of nitrogens with one attached hydrogen (secondary N) is 1. The molecule has 11 heteroatoms. The number of amides is 2. The highest BCUT2D eigenvalue weighted by Gasteiger charge is 2.45. The number of ether oxygens (including phenoxy) is 2. The van der Waals surface area contributed by atoms with Crippen LogP contribution >= 0.6 is 11.8 Å². The van der Waals surface area contributed by atoms with Crippen LogP contribution in [-0.2, 0) is 40.1 Å². The van der Waals surface area contributed by atoms with Crippen LogP contribution in [0.5, 0.6) is 0 Å². The summed E-state index contributed by atoms with van der Waals surface area (Å²) >= 11 is 1.30. The van der Waals surface area contributed by atoms with Crippen molar-refractivity contribution in [3.8, 4) is 0 Å². The van der Waals surface area contributed by atoms with Crippen LogP contribution in [0.25, 0.3) is 0 Å². The van der Waals surface area contributed by atoms with Gasteiger partial charge < -0.3 is 19.6 Å². The minimum Gasteiger partial charge on any atom is -0.449 e. The zero-order valence-electron chi connectivity index (χ0n) is 17.2. The number of hydrogen-bond donors (Lipinski definition) is 1. The Balaban J connectivity index is 1.28. The number of carbonyl (C=O) groups excluding carboxylic acids is 4. The van der Waals surface area contributed by atoms with E-state index >= 15 is 0 Å². The molecule has 2 unspecified atom stereocenters. The summed E-state index contributed by atoms with van der Waals surface area (Å²) < 4.78 is 10.2. The number of rotatable bonds is 7. The van der Waals surface area contributed by atoms with Crippen molar-refractivity contribution >= 4 is 35.7 Å². The minimum atomic E-state index is -1.21. The van der Waals surface area contributed by atoms with Crippen LogP contribution < -0.4 is 5.32 Å². The zero-order chi connectivity index (χ0) is 23.2. The number of nitrogens with zero attached hydrogens (tertiary/aromatic N) is 1. The van der Waals surface area contributed by atoms with Gasteiger partial charge in [0, 0.05) is 4.90 Å². The Hall–Kier alpha value is -3.57. The second-order valence-electron chi connectivity index (χ2n) is 7.14. The Bertz CT molecular complexity index is 1020. The van der Waals surface area contributed by atoms with Crippen molar-refractivity contribution in [2.75, 3.05) is 6.61 Å². The molecule has 33 heavy (non-hydrogen) atoms. The van der Waals surface area contributed by atoms with Gasteiger partial charge >= 0.3 is 23.9 Å². The lowest BCUT2D eigenvalue weighted by Gasteiger charge is -2.18. The van der Waals surface area contributed by atoms with Gasteiger partial charge in [-0.2, -0.15) is 0 Å². The number of thioether (sulfide) groups is 1. The molecule has 0 radical (unpaired) electrons. The molecule has 2 aromatic rings. The standard InChI is InChI=1S/C22H20N2O8S/c25-18-11-17(33-15-9-5-2-6-10-15)19(31-18)21(27)32-24-20(26)16(13-30-24)23-22(28)29-12-14-7-3-1-4-8-14/h1-10,16-17,19H,11-13H2,(H,23,28)/t16-,17?,19?/m0/s1. The maximum Gasteiger partial charge on any atom is 0.408 e. The largest absolute Gasteiger partial charge is 0.449 e. The fourth-order valence-corrected chi connectivity index (χ4v) is 4.31. The van der Waals surface area contributed by atoms with Gasteiger partial charge in [-0.25, -0.2) is 14.4 Å². The quantitative estimate of drug-likeness (QED) is 0.603. The number of hydroxylamine groups is 2. The van der Waals surface area contributed by atoms with Gasteiger partial charge in [0.25, 0.3) is 0 Å². The van der Waals surface area contributed by atoms with E-state index in [-0.39, 0.29) is 19.6 Å². The van der Waals surface area contributed by atoms with Crippen molar-refractivity contribution in [1.82, 2.24) is 10.5 Å². The van der Waals surface area contributed by atoms with Crippen molar-refractivity contribution in [2.24, 2.45) is 0 Å². The SMILES string of the molecule is O=C1CC(Sc2ccccc2)C(C(=O)ON2OC[C@H](NC(=O)OCc3ccccc3)C2=O)O1. The molecule has 0 aliphatic carbocycles. The summed E-state index contributed by atoms with van der Waals surface area (Å²) in [6.45, 7) is -0.222. The lowest BCUT2D eigenvalue weighted by molar-refractivity contribution is -0.306. The second kappa shape index (κ2) is 10.4. The number of esters is 1. The molecule has 2 saturated heterocycles. The van der Waals surface area contributed by atoms with Gasteiger partial charge in [0.1, 0.15) is 19.3 Å². The van der Waals surface area contributed by atoms with Gasteiger partial charge in [0.2, 0.25) is 6.10 Å². The first-order valence-corrected chi connectivity index (χ1v) is 10.9. The second-order valence-corrected chi connectivity index (χ2v) is 8.46. The summed E-state index contributed by atoms with van der Waals surface area (Å²) in [5, 5.41) is 2.23. The normalized spacial score (nSPS) is 22.1. The van der Waals surface area contributed by atoms with E-state index in [1.54, 1.807) is 12.1 Å². The fourth-order valence-electron chi connectivity index (χ4n) is 3.13. The minimum absolute atomic E-state index is 0.0194. The van der Waals surface area contributed by atoms with Gasteiger partial charge in [-0.05, 0) is 22.9 Å². The van der Waals surface area contributed by atoms with Crippen LogP contribution in [0.4, 0.5) is 4.79 Å². The zero-order valence-corrected chi connectivity index (χ0v) is 18.1. The molecule has 4 rings (SSSR count). The van der Waals surface area contributed by atoms with Gasteiger partial charge in [-0.15, -0.1) is 11.8 Å². The summed E-state index contributed by atoms with van der Waals surface area (Å²) in [7, 11) is 0. The fraction of sp³-hybridized carbons (Fsp3) is 0.273. The third kappa shape index (κ3) is 5.82. The lowest BCUT2D eigenvalue weighted by atomic mass is 10.2. The first kappa shape index (κ1) is 22.6. The van der Waals surface area contributed by atoms with E-state index < -0.39 is 41.3 Å². The van der Waals surface area contributed by atoms with Crippen LogP contribution in [0, 0.1) is 0 Å². The first-order valence-electron chi connectivity index (χ1n) is 10.1.